The molecule has 0 aromatic carbocycles. The molecule has 0 radical (unpaired) electrons. The Bertz CT molecular complexity index is 84.1. The second-order valence-electron chi connectivity index (χ2n) is 1.04. The molecule has 0 aromatic rings. The summed E-state index contributed by atoms with van der Waals surface area (Å²) in [5, 5.41) is 0. The van der Waals surface area contributed by atoms with E-state index in [1.165, 1.54) is 0 Å². The van der Waals surface area contributed by atoms with Gasteiger partial charge in [0.2, 0.25) is 5.90 Å². The monoisotopic (exact) mass is 155 g/mol. The topological polar surface area (TPSA) is 21.6 Å². The van der Waals surface area contributed by atoms with Crippen LogP contribution in [0.3, 0.4) is 0 Å². The third-order valence-corrected chi connectivity index (χ3v) is 0.937. The summed E-state index contributed by atoms with van der Waals surface area (Å²) in [6.45, 7) is 2.40. The van der Waals surface area contributed by atoms with Crippen molar-refractivity contribution in [2.75, 3.05) is 12.5 Å². The Labute approximate surface area is 58.6 Å². The van der Waals surface area contributed by atoms with Crippen LogP contribution < -0.4 is 0 Å². The van der Waals surface area contributed by atoms with Crippen LogP contribution in [0.1, 0.15) is 6.92 Å². The number of nitrogens with zero attached hydrogens (tertiary/aromatic N) is 1. The fourth-order valence-electron chi connectivity index (χ4n) is 0.252. The summed E-state index contributed by atoms with van der Waals surface area (Å²) in [4.78, 5) is 0. The first kappa shape index (κ1) is 8.05. The molecule has 0 aliphatic heterocycles. The van der Waals surface area contributed by atoms with E-state index in [0.717, 1.165) is 0 Å². The first-order valence-corrected chi connectivity index (χ1v) is 3.09. The van der Waals surface area contributed by atoms with Gasteiger partial charge in [-0.3, -0.25) is 0 Å². The molecular weight excluding hydrogens is 149 g/mol. The zero-order chi connectivity index (χ0) is 6.41. The zero-order valence-corrected chi connectivity index (χ0v) is 6.04. The van der Waals surface area contributed by atoms with E-state index in [4.69, 9.17) is 28.1 Å². The maximum atomic E-state index is 5.31. The van der Waals surface area contributed by atoms with Gasteiger partial charge in [-0.15, -0.1) is 16.1 Å². The SMILES string of the molecule is CCO/C(CCl)=N/Cl. The minimum absolute atomic E-state index is 0.233. The quantitative estimate of drug-likeness (QED) is 0.339. The van der Waals surface area contributed by atoms with Crippen molar-refractivity contribution in [1.29, 1.82) is 0 Å². The number of halogens is 2. The molecule has 0 atom stereocenters. The van der Waals surface area contributed by atoms with Gasteiger partial charge in [-0.2, -0.15) is 0 Å². The summed E-state index contributed by atoms with van der Waals surface area (Å²) in [6, 6.07) is 0. The number of ether oxygens (including phenoxy) is 1. The second kappa shape index (κ2) is 5.19. The minimum atomic E-state index is 0.233. The van der Waals surface area contributed by atoms with Crippen LogP contribution in [0.15, 0.2) is 4.51 Å². The standard InChI is InChI=1S/C4H7Cl2NO/c1-2-8-4(3-5)7-6/h2-3H2,1H3/b7-4+. The minimum Gasteiger partial charge on any atom is -0.480 e. The van der Waals surface area contributed by atoms with E-state index in [1.54, 1.807) is 0 Å². The molecule has 0 rings (SSSR count). The highest BCUT2D eigenvalue weighted by molar-refractivity contribution is 6.30. The van der Waals surface area contributed by atoms with Crippen molar-refractivity contribution in [2.45, 2.75) is 6.92 Å². The Kier molecular flexibility index (Phi) is 5.22. The van der Waals surface area contributed by atoms with Crippen LogP contribution in [-0.2, 0) is 4.74 Å². The highest BCUT2D eigenvalue weighted by Gasteiger charge is 1.92. The third kappa shape index (κ3) is 3.10. The molecule has 8 heavy (non-hydrogen) atoms. The maximum absolute atomic E-state index is 5.31. The Morgan fingerprint density at radius 1 is 1.75 bits per heavy atom. The van der Waals surface area contributed by atoms with Crippen molar-refractivity contribution in [3.63, 3.8) is 0 Å². The van der Waals surface area contributed by atoms with E-state index < -0.39 is 0 Å². The summed E-state index contributed by atoms with van der Waals surface area (Å²) in [6.07, 6.45) is 0. The van der Waals surface area contributed by atoms with Crippen molar-refractivity contribution in [1.82, 2.24) is 0 Å². The van der Waals surface area contributed by atoms with Crippen molar-refractivity contribution in [3.8, 4) is 0 Å². The molecule has 2 nitrogen and oxygen atoms in total. The highest BCUT2D eigenvalue weighted by atomic mass is 35.5. The Morgan fingerprint density at radius 3 is 2.50 bits per heavy atom. The normalized spacial score (nSPS) is 11.6. The fraction of sp³-hybridized carbons (Fsp3) is 0.750. The van der Waals surface area contributed by atoms with Gasteiger partial charge >= 0.3 is 0 Å². The van der Waals surface area contributed by atoms with E-state index in [9.17, 15) is 0 Å². The van der Waals surface area contributed by atoms with Crippen LogP contribution >= 0.6 is 23.4 Å². The molecule has 0 amide bonds. The second-order valence-corrected chi connectivity index (χ2v) is 1.48. The van der Waals surface area contributed by atoms with Gasteiger partial charge in [0.1, 0.15) is 0 Å². The van der Waals surface area contributed by atoms with Crippen molar-refractivity contribution >= 4 is 29.3 Å². The van der Waals surface area contributed by atoms with E-state index in [-0.39, 0.29) is 5.88 Å². The number of alkyl halides is 1. The van der Waals surface area contributed by atoms with Gasteiger partial charge in [-0.05, 0) is 6.92 Å². The predicted octanol–water partition coefficient (Wildman–Crippen LogP) is 1.81. The summed E-state index contributed by atoms with van der Waals surface area (Å²) in [5.74, 6) is 0.605. The molecule has 0 aliphatic carbocycles. The van der Waals surface area contributed by atoms with Gasteiger partial charge in [-0.25, -0.2) is 0 Å². The molecule has 0 bridgehead atoms. The summed E-state index contributed by atoms with van der Waals surface area (Å²) in [5.41, 5.74) is 0. The van der Waals surface area contributed by atoms with Gasteiger partial charge in [0.25, 0.3) is 0 Å². The van der Waals surface area contributed by atoms with Crippen molar-refractivity contribution in [3.05, 3.63) is 0 Å². The molecule has 0 saturated carbocycles. The lowest BCUT2D eigenvalue weighted by Gasteiger charge is -1.98. The lowest BCUT2D eigenvalue weighted by molar-refractivity contribution is 0.326. The third-order valence-electron chi connectivity index (χ3n) is 0.520. The van der Waals surface area contributed by atoms with Crippen molar-refractivity contribution in [2.24, 2.45) is 4.51 Å². The van der Waals surface area contributed by atoms with Gasteiger partial charge < -0.3 is 4.74 Å². The smallest absolute Gasteiger partial charge is 0.216 e. The molecule has 0 aliphatic rings. The molecule has 0 aromatic heterocycles. The average molecular weight is 156 g/mol. The molecule has 0 heterocycles. The molecule has 0 N–H and O–H groups in total. The lowest BCUT2D eigenvalue weighted by atomic mass is 10.7. The summed E-state index contributed by atoms with van der Waals surface area (Å²) < 4.78 is 8.06. The zero-order valence-electron chi connectivity index (χ0n) is 4.53. The Hall–Kier alpha value is 0.0500. The van der Waals surface area contributed by atoms with Gasteiger partial charge in [0, 0.05) is 11.8 Å². The van der Waals surface area contributed by atoms with Crippen LogP contribution in [0.2, 0.25) is 0 Å². The Balaban J connectivity index is 3.38. The van der Waals surface area contributed by atoms with E-state index in [2.05, 4.69) is 4.51 Å². The molecule has 4 heteroatoms. The molecule has 0 spiro atoms. The average Bonchev–Trinajstić information content (AvgIpc) is 1.83. The Morgan fingerprint density at radius 2 is 2.38 bits per heavy atom. The number of rotatable bonds is 2. The number of hydrogen-bond acceptors (Lipinski definition) is 2. The molecular formula is C4H7Cl2NO. The largest absolute Gasteiger partial charge is 0.480 e. The van der Waals surface area contributed by atoms with Gasteiger partial charge in [0.15, 0.2) is 0 Å². The van der Waals surface area contributed by atoms with E-state index >= 15 is 0 Å². The first-order valence-electron chi connectivity index (χ1n) is 2.21. The van der Waals surface area contributed by atoms with E-state index in [1.807, 2.05) is 6.92 Å². The van der Waals surface area contributed by atoms with Crippen molar-refractivity contribution < 1.29 is 4.74 Å². The lowest BCUT2D eigenvalue weighted by Crippen LogP contribution is -2.04. The molecule has 48 valence electrons. The summed E-state index contributed by atoms with van der Waals surface area (Å²) >= 11 is 10.3. The van der Waals surface area contributed by atoms with Crippen LogP contribution in [0, 0.1) is 0 Å². The molecule has 0 saturated heterocycles. The highest BCUT2D eigenvalue weighted by Crippen LogP contribution is 1.89. The maximum Gasteiger partial charge on any atom is 0.216 e. The number of hydrogen-bond donors (Lipinski definition) is 0. The van der Waals surface area contributed by atoms with Gasteiger partial charge in [0.05, 0.1) is 12.5 Å². The predicted molar refractivity (Wildman–Crippen MR) is 35.6 cm³/mol. The summed E-state index contributed by atoms with van der Waals surface area (Å²) in [7, 11) is 0. The van der Waals surface area contributed by atoms with Crippen LogP contribution in [0.5, 0.6) is 0 Å². The molecule has 0 fully saturated rings. The fourth-order valence-corrected chi connectivity index (χ4v) is 0.559. The van der Waals surface area contributed by atoms with Crippen LogP contribution in [0.25, 0.3) is 0 Å². The first-order chi connectivity index (χ1) is 3.85. The van der Waals surface area contributed by atoms with E-state index in [0.29, 0.717) is 12.5 Å². The van der Waals surface area contributed by atoms with Crippen LogP contribution in [0.4, 0.5) is 0 Å². The van der Waals surface area contributed by atoms with Gasteiger partial charge in [-0.1, -0.05) is 0 Å². The van der Waals surface area contributed by atoms with Crippen LogP contribution in [-0.4, -0.2) is 18.4 Å². The molecule has 0 unspecified atom stereocenters.